The van der Waals surface area contributed by atoms with E-state index >= 15 is 0 Å². The molecule has 100 valence electrons. The number of ether oxygens (including phenoxy) is 1. The number of nitrogens with one attached hydrogen (secondary N) is 1. The highest BCUT2D eigenvalue weighted by Gasteiger charge is 2.04. The average molecular weight is 276 g/mol. The quantitative estimate of drug-likeness (QED) is 0.878. The van der Waals surface area contributed by atoms with Crippen LogP contribution < -0.4 is 10.1 Å². The first kappa shape index (κ1) is 13.5. The zero-order chi connectivity index (χ0) is 13.5. The fourth-order valence-corrected chi connectivity index (χ4v) is 2.34. The van der Waals surface area contributed by atoms with Crippen LogP contribution in [0.1, 0.15) is 10.6 Å². The number of aromatic nitrogens is 1. The molecule has 2 rings (SSSR count). The number of rotatable bonds is 6. The SMILES string of the molecule is COc1cccc(CC(=O)NCCc2nccs2)c1. The van der Waals surface area contributed by atoms with Gasteiger partial charge in [-0.15, -0.1) is 11.3 Å². The van der Waals surface area contributed by atoms with Crippen molar-refractivity contribution < 1.29 is 9.53 Å². The van der Waals surface area contributed by atoms with Crippen molar-refractivity contribution in [2.24, 2.45) is 0 Å². The van der Waals surface area contributed by atoms with Gasteiger partial charge in [0.25, 0.3) is 0 Å². The predicted octanol–water partition coefficient (Wildman–Crippen LogP) is 2.05. The molecule has 0 aliphatic rings. The Morgan fingerprint density at radius 3 is 3.11 bits per heavy atom. The molecule has 0 saturated heterocycles. The molecule has 1 heterocycles. The van der Waals surface area contributed by atoms with Gasteiger partial charge in [-0.2, -0.15) is 0 Å². The van der Waals surface area contributed by atoms with Crippen LogP contribution in [0.4, 0.5) is 0 Å². The molecule has 0 bridgehead atoms. The second-order valence-electron chi connectivity index (χ2n) is 4.05. The maximum Gasteiger partial charge on any atom is 0.224 e. The molecule has 1 N–H and O–H groups in total. The zero-order valence-electron chi connectivity index (χ0n) is 10.8. The Morgan fingerprint density at radius 1 is 1.47 bits per heavy atom. The molecule has 19 heavy (non-hydrogen) atoms. The Labute approximate surface area is 116 Å². The molecule has 1 aromatic heterocycles. The summed E-state index contributed by atoms with van der Waals surface area (Å²) in [5.41, 5.74) is 0.950. The van der Waals surface area contributed by atoms with Crippen LogP contribution in [0.15, 0.2) is 35.8 Å². The van der Waals surface area contributed by atoms with Crippen LogP contribution in [0.2, 0.25) is 0 Å². The Bertz CT molecular complexity index is 526. The minimum absolute atomic E-state index is 0.0183. The third-order valence-electron chi connectivity index (χ3n) is 2.64. The zero-order valence-corrected chi connectivity index (χ0v) is 11.6. The molecule has 0 aliphatic carbocycles. The van der Waals surface area contributed by atoms with Crippen LogP contribution in [0.3, 0.4) is 0 Å². The summed E-state index contributed by atoms with van der Waals surface area (Å²) in [6.45, 7) is 0.621. The largest absolute Gasteiger partial charge is 0.497 e. The van der Waals surface area contributed by atoms with Gasteiger partial charge in [-0.3, -0.25) is 4.79 Å². The Balaban J connectivity index is 1.77. The van der Waals surface area contributed by atoms with E-state index in [-0.39, 0.29) is 5.91 Å². The normalized spacial score (nSPS) is 10.2. The number of nitrogens with zero attached hydrogens (tertiary/aromatic N) is 1. The van der Waals surface area contributed by atoms with Gasteiger partial charge in [0.05, 0.1) is 18.5 Å². The molecule has 0 aliphatic heterocycles. The Morgan fingerprint density at radius 2 is 2.37 bits per heavy atom. The summed E-state index contributed by atoms with van der Waals surface area (Å²) in [5, 5.41) is 5.87. The fourth-order valence-electron chi connectivity index (χ4n) is 1.72. The van der Waals surface area contributed by atoms with Crippen LogP contribution in [0.5, 0.6) is 5.75 Å². The summed E-state index contributed by atoms with van der Waals surface area (Å²) in [6, 6.07) is 7.55. The van der Waals surface area contributed by atoms with Gasteiger partial charge in [-0.05, 0) is 17.7 Å². The average Bonchev–Trinajstić information content (AvgIpc) is 2.92. The van der Waals surface area contributed by atoms with Gasteiger partial charge in [0.2, 0.25) is 5.91 Å². The standard InChI is InChI=1S/C14H16N2O2S/c1-18-12-4-2-3-11(9-12)10-13(17)15-6-5-14-16-7-8-19-14/h2-4,7-9H,5-6,10H2,1H3,(H,15,17). The minimum atomic E-state index is 0.0183. The number of hydrogen-bond donors (Lipinski definition) is 1. The van der Waals surface area contributed by atoms with Crippen molar-refractivity contribution in [1.29, 1.82) is 0 Å². The van der Waals surface area contributed by atoms with Crippen molar-refractivity contribution in [2.45, 2.75) is 12.8 Å². The van der Waals surface area contributed by atoms with Crippen molar-refractivity contribution in [3.8, 4) is 5.75 Å². The maximum atomic E-state index is 11.8. The lowest BCUT2D eigenvalue weighted by Crippen LogP contribution is -2.27. The molecule has 1 amide bonds. The van der Waals surface area contributed by atoms with E-state index in [0.717, 1.165) is 22.7 Å². The fraction of sp³-hybridized carbons (Fsp3) is 0.286. The molecule has 0 atom stereocenters. The second kappa shape index (κ2) is 6.89. The minimum Gasteiger partial charge on any atom is -0.497 e. The highest BCUT2D eigenvalue weighted by molar-refractivity contribution is 7.09. The topological polar surface area (TPSA) is 51.2 Å². The highest BCUT2D eigenvalue weighted by Crippen LogP contribution is 2.12. The lowest BCUT2D eigenvalue weighted by atomic mass is 10.1. The van der Waals surface area contributed by atoms with Crippen molar-refractivity contribution in [1.82, 2.24) is 10.3 Å². The summed E-state index contributed by atoms with van der Waals surface area (Å²) in [7, 11) is 1.62. The third kappa shape index (κ3) is 4.37. The van der Waals surface area contributed by atoms with E-state index in [1.807, 2.05) is 29.6 Å². The summed E-state index contributed by atoms with van der Waals surface area (Å²) < 4.78 is 5.13. The maximum absolute atomic E-state index is 11.8. The molecule has 1 aromatic carbocycles. The number of thiazole rings is 1. The third-order valence-corrected chi connectivity index (χ3v) is 3.48. The van der Waals surface area contributed by atoms with Crippen LogP contribution in [0.25, 0.3) is 0 Å². The molecular weight excluding hydrogens is 260 g/mol. The van der Waals surface area contributed by atoms with Gasteiger partial charge >= 0.3 is 0 Å². The number of hydrogen-bond acceptors (Lipinski definition) is 4. The van der Waals surface area contributed by atoms with Gasteiger partial charge in [0, 0.05) is 24.5 Å². The number of carbonyl (C=O) groups is 1. The lowest BCUT2D eigenvalue weighted by molar-refractivity contribution is -0.120. The second-order valence-corrected chi connectivity index (χ2v) is 5.03. The molecule has 0 radical (unpaired) electrons. The summed E-state index contributed by atoms with van der Waals surface area (Å²) in [5.74, 6) is 0.790. The van der Waals surface area contributed by atoms with Crippen LogP contribution in [-0.2, 0) is 17.6 Å². The van der Waals surface area contributed by atoms with Gasteiger partial charge in [0.1, 0.15) is 5.75 Å². The lowest BCUT2D eigenvalue weighted by Gasteiger charge is -2.05. The summed E-state index contributed by atoms with van der Waals surface area (Å²) >= 11 is 1.60. The Kier molecular flexibility index (Phi) is 4.92. The van der Waals surface area contributed by atoms with E-state index in [9.17, 15) is 4.79 Å². The van der Waals surface area contributed by atoms with Crippen molar-refractivity contribution >= 4 is 17.2 Å². The van der Waals surface area contributed by atoms with Gasteiger partial charge < -0.3 is 10.1 Å². The molecule has 0 saturated carbocycles. The van der Waals surface area contributed by atoms with Crippen molar-refractivity contribution in [3.63, 3.8) is 0 Å². The van der Waals surface area contributed by atoms with E-state index in [1.165, 1.54) is 0 Å². The van der Waals surface area contributed by atoms with Crippen LogP contribution in [0, 0.1) is 0 Å². The van der Waals surface area contributed by atoms with E-state index < -0.39 is 0 Å². The molecule has 4 nitrogen and oxygen atoms in total. The first-order valence-corrected chi connectivity index (χ1v) is 6.94. The molecule has 2 aromatic rings. The van der Waals surface area contributed by atoms with Gasteiger partial charge in [-0.1, -0.05) is 12.1 Å². The predicted molar refractivity (Wildman–Crippen MR) is 75.5 cm³/mol. The summed E-state index contributed by atoms with van der Waals surface area (Å²) in [6.07, 6.45) is 2.93. The van der Waals surface area contributed by atoms with Crippen molar-refractivity contribution in [3.05, 3.63) is 46.4 Å². The first-order valence-electron chi connectivity index (χ1n) is 6.06. The van der Waals surface area contributed by atoms with E-state index in [1.54, 1.807) is 24.6 Å². The molecule has 0 unspecified atom stereocenters. The number of benzene rings is 1. The number of amides is 1. The number of methoxy groups -OCH3 is 1. The van der Waals surface area contributed by atoms with Crippen LogP contribution in [-0.4, -0.2) is 24.5 Å². The molecule has 5 heteroatoms. The van der Waals surface area contributed by atoms with Crippen molar-refractivity contribution in [2.75, 3.05) is 13.7 Å². The van der Waals surface area contributed by atoms with E-state index in [0.29, 0.717) is 13.0 Å². The smallest absolute Gasteiger partial charge is 0.224 e. The van der Waals surface area contributed by atoms with Crippen LogP contribution >= 0.6 is 11.3 Å². The van der Waals surface area contributed by atoms with Gasteiger partial charge in [0.15, 0.2) is 0 Å². The molecule has 0 spiro atoms. The Hall–Kier alpha value is -1.88. The van der Waals surface area contributed by atoms with E-state index in [2.05, 4.69) is 10.3 Å². The first-order chi connectivity index (χ1) is 9.28. The number of carbonyl (C=O) groups excluding carboxylic acids is 1. The van der Waals surface area contributed by atoms with E-state index in [4.69, 9.17) is 4.74 Å². The monoisotopic (exact) mass is 276 g/mol. The molecule has 0 fully saturated rings. The highest BCUT2D eigenvalue weighted by atomic mass is 32.1. The molecular formula is C14H16N2O2S. The van der Waals surface area contributed by atoms with Gasteiger partial charge in [-0.25, -0.2) is 4.98 Å². The summed E-state index contributed by atoms with van der Waals surface area (Å²) in [4.78, 5) is 15.9.